The molecule has 1 aromatic carbocycles. The lowest BCUT2D eigenvalue weighted by atomic mass is 9.77. The number of nitrogens with zero attached hydrogens (tertiary/aromatic N) is 1. The molecule has 2 saturated heterocycles. The first-order chi connectivity index (χ1) is 10.9. The smallest absolute Gasteiger partial charge is 0.335 e. The number of aromatic carboxylic acids is 1. The second-order valence-electron chi connectivity index (χ2n) is 6.25. The lowest BCUT2D eigenvalue weighted by Crippen LogP contribution is -2.44. The molecule has 0 unspecified atom stereocenters. The van der Waals surface area contributed by atoms with Crippen LogP contribution in [0.25, 0.3) is 0 Å². The molecule has 0 aromatic heterocycles. The number of carboxylic acid groups (broad SMARTS) is 1. The summed E-state index contributed by atoms with van der Waals surface area (Å²) in [6, 6.07) is 3.30. The zero-order chi connectivity index (χ0) is 16.6. The molecule has 2 N–H and O–H groups in total. The first-order valence-corrected chi connectivity index (χ1v) is 7.49. The molecule has 1 aromatic rings. The number of amides is 2. The van der Waals surface area contributed by atoms with E-state index in [1.807, 2.05) is 0 Å². The highest BCUT2D eigenvalue weighted by Gasteiger charge is 2.41. The third kappa shape index (κ3) is 2.91. The summed E-state index contributed by atoms with van der Waals surface area (Å²) in [6.45, 7) is 1.57. The monoisotopic (exact) mass is 320 g/mol. The number of carbonyl (C=O) groups is 3. The van der Waals surface area contributed by atoms with Gasteiger partial charge in [0.15, 0.2) is 0 Å². The van der Waals surface area contributed by atoms with Gasteiger partial charge in [-0.15, -0.1) is 0 Å². The maximum atomic E-state index is 14.0. The van der Waals surface area contributed by atoms with Crippen molar-refractivity contribution >= 4 is 17.8 Å². The first kappa shape index (κ1) is 15.5. The highest BCUT2D eigenvalue weighted by Crippen LogP contribution is 2.37. The molecular formula is C16H17FN2O4. The van der Waals surface area contributed by atoms with Crippen LogP contribution >= 0.6 is 0 Å². The number of hydrogen-bond donors (Lipinski definition) is 2. The van der Waals surface area contributed by atoms with E-state index in [0.717, 1.165) is 6.07 Å². The van der Waals surface area contributed by atoms with Crippen molar-refractivity contribution in [1.82, 2.24) is 10.2 Å². The molecule has 6 nitrogen and oxygen atoms in total. The average molecular weight is 320 g/mol. The second kappa shape index (κ2) is 5.64. The number of carbonyl (C=O) groups excluding carboxylic acids is 2. The van der Waals surface area contributed by atoms with E-state index in [9.17, 15) is 18.8 Å². The van der Waals surface area contributed by atoms with E-state index in [-0.39, 0.29) is 22.4 Å². The van der Waals surface area contributed by atoms with Gasteiger partial charge in [-0.1, -0.05) is 0 Å². The number of piperidine rings is 1. The van der Waals surface area contributed by atoms with E-state index < -0.39 is 17.7 Å². The fraction of sp³-hybridized carbons (Fsp3) is 0.438. The summed E-state index contributed by atoms with van der Waals surface area (Å²) in [5.74, 6) is -2.46. The molecule has 2 aliphatic rings. The highest BCUT2D eigenvalue weighted by atomic mass is 19.1. The molecule has 0 saturated carbocycles. The van der Waals surface area contributed by atoms with Gasteiger partial charge in [0.25, 0.3) is 5.91 Å². The Kier molecular flexibility index (Phi) is 3.79. The molecule has 0 atom stereocenters. The third-order valence-corrected chi connectivity index (χ3v) is 4.75. The summed E-state index contributed by atoms with van der Waals surface area (Å²) >= 11 is 0. The van der Waals surface area contributed by atoms with E-state index in [4.69, 9.17) is 5.11 Å². The van der Waals surface area contributed by atoms with Crippen molar-refractivity contribution in [3.8, 4) is 0 Å². The minimum Gasteiger partial charge on any atom is -0.478 e. The molecule has 0 radical (unpaired) electrons. The van der Waals surface area contributed by atoms with Crippen LogP contribution in [-0.2, 0) is 4.79 Å². The van der Waals surface area contributed by atoms with Gasteiger partial charge in [0.05, 0.1) is 11.1 Å². The van der Waals surface area contributed by atoms with Crippen LogP contribution in [0.1, 0.15) is 40.0 Å². The van der Waals surface area contributed by atoms with Gasteiger partial charge in [-0.2, -0.15) is 0 Å². The molecule has 1 spiro atoms. The fourth-order valence-electron chi connectivity index (χ4n) is 3.28. The Morgan fingerprint density at radius 3 is 2.48 bits per heavy atom. The standard InChI is InChI=1S/C16H17FN2O4/c17-12-7-10(15(22)23)1-2-11(12)14(21)19-5-3-16(4-6-19)8-13(20)18-9-16/h1-2,7H,3-6,8-9H2,(H,18,20)(H,22,23). The van der Waals surface area contributed by atoms with Gasteiger partial charge in [-0.25, -0.2) is 9.18 Å². The Morgan fingerprint density at radius 1 is 1.26 bits per heavy atom. The largest absolute Gasteiger partial charge is 0.478 e. The molecular weight excluding hydrogens is 303 g/mol. The first-order valence-electron chi connectivity index (χ1n) is 7.49. The van der Waals surface area contributed by atoms with Crippen molar-refractivity contribution in [2.24, 2.45) is 5.41 Å². The van der Waals surface area contributed by atoms with E-state index in [2.05, 4.69) is 5.32 Å². The van der Waals surface area contributed by atoms with Crippen molar-refractivity contribution in [2.75, 3.05) is 19.6 Å². The Bertz CT molecular complexity index is 681. The summed E-state index contributed by atoms with van der Waals surface area (Å²) in [7, 11) is 0. The molecule has 7 heteroatoms. The number of rotatable bonds is 2. The molecule has 0 bridgehead atoms. The van der Waals surface area contributed by atoms with Gasteiger partial charge in [0.2, 0.25) is 5.91 Å². The molecule has 2 amide bonds. The fourth-order valence-corrected chi connectivity index (χ4v) is 3.28. The molecule has 3 rings (SSSR count). The molecule has 0 aliphatic carbocycles. The highest BCUT2D eigenvalue weighted by molar-refractivity contribution is 5.96. The molecule has 23 heavy (non-hydrogen) atoms. The van der Waals surface area contributed by atoms with Crippen LogP contribution < -0.4 is 5.32 Å². The van der Waals surface area contributed by atoms with Crippen LogP contribution in [0.4, 0.5) is 4.39 Å². The van der Waals surface area contributed by atoms with Crippen LogP contribution in [0.3, 0.4) is 0 Å². The number of halogens is 1. The lowest BCUT2D eigenvalue weighted by molar-refractivity contribution is -0.119. The maximum Gasteiger partial charge on any atom is 0.335 e. The molecule has 2 heterocycles. The van der Waals surface area contributed by atoms with Gasteiger partial charge in [0.1, 0.15) is 5.82 Å². The van der Waals surface area contributed by atoms with Crippen molar-refractivity contribution in [1.29, 1.82) is 0 Å². The summed E-state index contributed by atoms with van der Waals surface area (Å²) in [6.07, 6.45) is 1.88. The number of carboxylic acids is 1. The molecule has 122 valence electrons. The Balaban J connectivity index is 1.70. The van der Waals surface area contributed by atoms with E-state index in [0.29, 0.717) is 38.9 Å². The minimum atomic E-state index is -1.23. The van der Waals surface area contributed by atoms with E-state index >= 15 is 0 Å². The number of nitrogens with one attached hydrogen (secondary N) is 1. The average Bonchev–Trinajstić information content (AvgIpc) is 2.88. The van der Waals surface area contributed by atoms with Gasteiger partial charge in [-0.05, 0) is 36.5 Å². The molecule has 2 fully saturated rings. The van der Waals surface area contributed by atoms with Crippen molar-refractivity contribution < 1.29 is 23.9 Å². The van der Waals surface area contributed by atoms with Crippen LogP contribution in [0.15, 0.2) is 18.2 Å². The number of likely N-dealkylation sites (tertiary alicyclic amines) is 1. The van der Waals surface area contributed by atoms with Gasteiger partial charge in [-0.3, -0.25) is 9.59 Å². The van der Waals surface area contributed by atoms with Crippen LogP contribution in [0.2, 0.25) is 0 Å². The van der Waals surface area contributed by atoms with Crippen molar-refractivity contribution in [3.63, 3.8) is 0 Å². The van der Waals surface area contributed by atoms with Gasteiger partial charge >= 0.3 is 5.97 Å². The zero-order valence-electron chi connectivity index (χ0n) is 12.5. The normalized spacial score (nSPS) is 19.7. The Morgan fingerprint density at radius 2 is 1.96 bits per heavy atom. The summed E-state index contributed by atoms with van der Waals surface area (Å²) in [4.78, 5) is 36.2. The quantitative estimate of drug-likeness (QED) is 0.859. The van der Waals surface area contributed by atoms with Crippen LogP contribution in [0, 0.1) is 11.2 Å². The summed E-state index contributed by atoms with van der Waals surface area (Å²) < 4.78 is 14.0. The van der Waals surface area contributed by atoms with E-state index in [1.165, 1.54) is 12.1 Å². The number of hydrogen-bond acceptors (Lipinski definition) is 3. The predicted molar refractivity (Wildman–Crippen MR) is 78.6 cm³/mol. The van der Waals surface area contributed by atoms with Gasteiger partial charge < -0.3 is 15.3 Å². The van der Waals surface area contributed by atoms with Crippen LogP contribution in [0.5, 0.6) is 0 Å². The Labute approximate surface area is 132 Å². The maximum absolute atomic E-state index is 14.0. The zero-order valence-corrected chi connectivity index (χ0v) is 12.5. The van der Waals surface area contributed by atoms with Gasteiger partial charge in [0, 0.05) is 26.1 Å². The third-order valence-electron chi connectivity index (χ3n) is 4.75. The summed E-state index contributed by atoms with van der Waals surface area (Å²) in [5, 5.41) is 11.7. The summed E-state index contributed by atoms with van der Waals surface area (Å²) in [5.41, 5.74) is -0.390. The SMILES string of the molecule is O=C1CC2(CCN(C(=O)c3ccc(C(=O)O)cc3F)CC2)CN1. The van der Waals surface area contributed by atoms with Crippen LogP contribution in [-0.4, -0.2) is 47.4 Å². The molecule has 2 aliphatic heterocycles. The number of benzene rings is 1. The van der Waals surface area contributed by atoms with Crippen molar-refractivity contribution in [3.05, 3.63) is 35.1 Å². The second-order valence-corrected chi connectivity index (χ2v) is 6.25. The van der Waals surface area contributed by atoms with Crippen molar-refractivity contribution in [2.45, 2.75) is 19.3 Å². The van der Waals surface area contributed by atoms with E-state index in [1.54, 1.807) is 4.90 Å². The minimum absolute atomic E-state index is 0.0417. The lowest BCUT2D eigenvalue weighted by Gasteiger charge is -2.38. The topological polar surface area (TPSA) is 86.7 Å². The Hall–Kier alpha value is -2.44. The predicted octanol–water partition coefficient (Wildman–Crippen LogP) is 1.27.